The van der Waals surface area contributed by atoms with Crippen molar-refractivity contribution in [3.8, 4) is 0 Å². The normalized spacial score (nSPS) is 14.9. The predicted octanol–water partition coefficient (Wildman–Crippen LogP) is 1.92. The number of rotatable bonds is 7. The second-order valence-electron chi connectivity index (χ2n) is 4.08. The van der Waals surface area contributed by atoms with E-state index in [9.17, 15) is 9.59 Å². The molecule has 92 valence electrons. The number of carbonyl (C=O) groups excluding carboxylic acids is 2. The van der Waals surface area contributed by atoms with E-state index in [1.807, 2.05) is 0 Å². The lowest BCUT2D eigenvalue weighted by atomic mass is 10.0. The Bertz CT molecular complexity index is 227. The molecule has 0 unspecified atom stereocenters. The molecule has 4 heteroatoms. The Hall–Kier alpha value is -1.06. The minimum absolute atomic E-state index is 0.304. The van der Waals surface area contributed by atoms with Gasteiger partial charge in [-0.2, -0.15) is 0 Å². The van der Waals surface area contributed by atoms with E-state index < -0.39 is 17.9 Å². The highest BCUT2D eigenvalue weighted by Crippen LogP contribution is 2.35. The van der Waals surface area contributed by atoms with E-state index in [-0.39, 0.29) is 0 Å². The zero-order chi connectivity index (χ0) is 12.0. The maximum absolute atomic E-state index is 11.6. The summed E-state index contributed by atoms with van der Waals surface area (Å²) in [4.78, 5) is 23.1. The third-order valence-electron chi connectivity index (χ3n) is 2.70. The van der Waals surface area contributed by atoms with Gasteiger partial charge in [0.25, 0.3) is 0 Å². The third kappa shape index (κ3) is 4.21. The molecule has 1 saturated carbocycles. The molecule has 0 aromatic heterocycles. The summed E-state index contributed by atoms with van der Waals surface area (Å²) >= 11 is 0. The molecular formula is C12H20O4. The Balaban J connectivity index is 2.44. The van der Waals surface area contributed by atoms with Gasteiger partial charge in [0.1, 0.15) is 0 Å². The van der Waals surface area contributed by atoms with Gasteiger partial charge in [0, 0.05) is 0 Å². The Morgan fingerprint density at radius 2 is 1.62 bits per heavy atom. The maximum Gasteiger partial charge on any atom is 0.320 e. The monoisotopic (exact) mass is 228 g/mol. The lowest BCUT2D eigenvalue weighted by molar-refractivity contribution is -0.162. The highest BCUT2D eigenvalue weighted by atomic mass is 16.6. The van der Waals surface area contributed by atoms with Gasteiger partial charge in [0.2, 0.25) is 0 Å². The second-order valence-corrected chi connectivity index (χ2v) is 4.08. The molecular weight excluding hydrogens is 208 g/mol. The Morgan fingerprint density at radius 1 is 1.12 bits per heavy atom. The fourth-order valence-corrected chi connectivity index (χ4v) is 1.63. The number of hydrogen-bond acceptors (Lipinski definition) is 4. The quantitative estimate of drug-likeness (QED) is 0.493. The number of ether oxygens (including phenoxy) is 2. The molecule has 0 spiro atoms. The van der Waals surface area contributed by atoms with Gasteiger partial charge in [0.15, 0.2) is 5.92 Å². The fraction of sp³-hybridized carbons (Fsp3) is 0.833. The van der Waals surface area contributed by atoms with Crippen LogP contribution >= 0.6 is 0 Å². The van der Waals surface area contributed by atoms with E-state index in [1.165, 1.54) is 12.8 Å². The second kappa shape index (κ2) is 6.51. The van der Waals surface area contributed by atoms with Crippen molar-refractivity contribution in [1.29, 1.82) is 0 Å². The van der Waals surface area contributed by atoms with E-state index >= 15 is 0 Å². The Morgan fingerprint density at radius 3 is 2.00 bits per heavy atom. The first-order chi connectivity index (χ1) is 7.69. The van der Waals surface area contributed by atoms with Crippen LogP contribution in [0.4, 0.5) is 0 Å². The molecule has 1 rings (SSSR count). The van der Waals surface area contributed by atoms with Crippen LogP contribution in [0.5, 0.6) is 0 Å². The standard InChI is InChI=1S/C12H20O4/c1-3-15-11(13)10(12(14)16-4-2)8-7-9-5-6-9/h9-10H,3-8H2,1-2H3. The average Bonchev–Trinajstić information content (AvgIpc) is 3.02. The van der Waals surface area contributed by atoms with Crippen LogP contribution in [0.2, 0.25) is 0 Å². The van der Waals surface area contributed by atoms with Crippen molar-refractivity contribution in [3.05, 3.63) is 0 Å². The molecule has 4 nitrogen and oxygen atoms in total. The third-order valence-corrected chi connectivity index (χ3v) is 2.70. The molecule has 0 radical (unpaired) electrons. The molecule has 0 bridgehead atoms. The zero-order valence-corrected chi connectivity index (χ0v) is 10.0. The smallest absolute Gasteiger partial charge is 0.320 e. The van der Waals surface area contributed by atoms with Gasteiger partial charge < -0.3 is 9.47 Å². The van der Waals surface area contributed by atoms with Crippen LogP contribution in [0.3, 0.4) is 0 Å². The SMILES string of the molecule is CCOC(=O)C(CCC1CC1)C(=O)OCC. The van der Waals surface area contributed by atoms with Gasteiger partial charge in [-0.25, -0.2) is 0 Å². The molecule has 0 aliphatic heterocycles. The first-order valence-corrected chi connectivity index (χ1v) is 6.02. The Kier molecular flexibility index (Phi) is 5.29. The van der Waals surface area contributed by atoms with E-state index in [0.717, 1.165) is 6.42 Å². The van der Waals surface area contributed by atoms with E-state index in [1.54, 1.807) is 13.8 Å². The van der Waals surface area contributed by atoms with Crippen molar-refractivity contribution in [2.24, 2.45) is 11.8 Å². The van der Waals surface area contributed by atoms with Crippen LogP contribution in [0.25, 0.3) is 0 Å². The number of esters is 2. The molecule has 1 fully saturated rings. The fourth-order valence-electron chi connectivity index (χ4n) is 1.63. The number of carbonyl (C=O) groups is 2. The highest BCUT2D eigenvalue weighted by molar-refractivity contribution is 5.94. The van der Waals surface area contributed by atoms with E-state index in [0.29, 0.717) is 25.6 Å². The van der Waals surface area contributed by atoms with E-state index in [4.69, 9.17) is 9.47 Å². The lowest BCUT2D eigenvalue weighted by Gasteiger charge is -2.13. The van der Waals surface area contributed by atoms with Crippen LogP contribution in [0.15, 0.2) is 0 Å². The minimum atomic E-state index is -0.722. The van der Waals surface area contributed by atoms with Crippen LogP contribution in [0, 0.1) is 11.8 Å². The van der Waals surface area contributed by atoms with Gasteiger partial charge in [-0.05, 0) is 32.6 Å². The predicted molar refractivity (Wildman–Crippen MR) is 58.7 cm³/mol. The van der Waals surface area contributed by atoms with Crippen molar-refractivity contribution in [2.45, 2.75) is 39.5 Å². The summed E-state index contributed by atoms with van der Waals surface area (Å²) in [6, 6.07) is 0. The molecule has 0 aromatic rings. The van der Waals surface area contributed by atoms with Crippen molar-refractivity contribution in [1.82, 2.24) is 0 Å². The Labute approximate surface area is 96.3 Å². The molecule has 0 amide bonds. The molecule has 0 aromatic carbocycles. The molecule has 0 N–H and O–H groups in total. The van der Waals surface area contributed by atoms with Crippen molar-refractivity contribution in [2.75, 3.05) is 13.2 Å². The largest absolute Gasteiger partial charge is 0.465 e. The minimum Gasteiger partial charge on any atom is -0.465 e. The summed E-state index contributed by atoms with van der Waals surface area (Å²) in [6.07, 6.45) is 3.92. The summed E-state index contributed by atoms with van der Waals surface area (Å²) in [5, 5.41) is 0. The van der Waals surface area contributed by atoms with Crippen molar-refractivity contribution < 1.29 is 19.1 Å². The summed E-state index contributed by atoms with van der Waals surface area (Å²) in [6.45, 7) is 4.08. The topological polar surface area (TPSA) is 52.6 Å². The molecule has 16 heavy (non-hydrogen) atoms. The highest BCUT2D eigenvalue weighted by Gasteiger charge is 2.32. The first kappa shape index (κ1) is 13.0. The maximum atomic E-state index is 11.6. The van der Waals surface area contributed by atoms with Gasteiger partial charge >= 0.3 is 11.9 Å². The van der Waals surface area contributed by atoms with E-state index in [2.05, 4.69) is 0 Å². The van der Waals surface area contributed by atoms with Crippen LogP contribution in [-0.2, 0) is 19.1 Å². The number of hydrogen-bond donors (Lipinski definition) is 0. The van der Waals surface area contributed by atoms with Crippen LogP contribution in [-0.4, -0.2) is 25.2 Å². The van der Waals surface area contributed by atoms with Crippen molar-refractivity contribution >= 4 is 11.9 Å². The molecule has 1 aliphatic rings. The van der Waals surface area contributed by atoms with Gasteiger partial charge in [0.05, 0.1) is 13.2 Å². The van der Waals surface area contributed by atoms with Crippen molar-refractivity contribution in [3.63, 3.8) is 0 Å². The lowest BCUT2D eigenvalue weighted by Crippen LogP contribution is -2.28. The van der Waals surface area contributed by atoms with Gasteiger partial charge in [-0.15, -0.1) is 0 Å². The van der Waals surface area contributed by atoms with Gasteiger partial charge in [-0.1, -0.05) is 12.8 Å². The first-order valence-electron chi connectivity index (χ1n) is 6.02. The summed E-state index contributed by atoms with van der Waals surface area (Å²) in [5.41, 5.74) is 0. The molecule has 0 heterocycles. The molecule has 0 saturated heterocycles. The summed E-state index contributed by atoms with van der Waals surface area (Å²) in [5.74, 6) is -0.907. The summed E-state index contributed by atoms with van der Waals surface area (Å²) < 4.78 is 9.77. The summed E-state index contributed by atoms with van der Waals surface area (Å²) in [7, 11) is 0. The molecule has 1 aliphatic carbocycles. The van der Waals surface area contributed by atoms with Gasteiger partial charge in [-0.3, -0.25) is 9.59 Å². The average molecular weight is 228 g/mol. The van der Waals surface area contributed by atoms with Crippen LogP contribution in [0.1, 0.15) is 39.5 Å². The molecule has 0 atom stereocenters. The zero-order valence-electron chi connectivity index (χ0n) is 10.0. The van der Waals surface area contributed by atoms with Crippen LogP contribution < -0.4 is 0 Å².